The van der Waals surface area contributed by atoms with Gasteiger partial charge in [0.15, 0.2) is 0 Å². The molecule has 0 aliphatic heterocycles. The molecule has 5 heteroatoms. The number of hydrogen-bond acceptors (Lipinski definition) is 5. The van der Waals surface area contributed by atoms with E-state index in [0.717, 1.165) is 0 Å². The molecule has 86 valence electrons. The van der Waals surface area contributed by atoms with Crippen molar-refractivity contribution in [3.05, 3.63) is 42.5 Å². The maximum atomic E-state index is 5.77. The van der Waals surface area contributed by atoms with E-state index in [1.54, 1.807) is 42.5 Å². The summed E-state index contributed by atoms with van der Waals surface area (Å²) in [6.45, 7) is 0. The Labute approximate surface area is 99.0 Å². The topological polar surface area (TPSA) is 103 Å². The molecule has 0 aromatic heterocycles. The average molecular weight is 227 g/mol. The van der Waals surface area contributed by atoms with Gasteiger partial charge in [-0.3, -0.25) is 0 Å². The first-order valence-corrected chi connectivity index (χ1v) is 5.08. The number of nitrogens with two attached hydrogens (primary N) is 3. The lowest BCUT2D eigenvalue weighted by Gasteiger charge is -2.01. The number of para-hydroxylation sites is 1. The summed E-state index contributed by atoms with van der Waals surface area (Å²) >= 11 is 0. The van der Waals surface area contributed by atoms with E-state index < -0.39 is 0 Å². The van der Waals surface area contributed by atoms with Gasteiger partial charge in [0.1, 0.15) is 5.69 Å². The van der Waals surface area contributed by atoms with Crippen LogP contribution in [-0.2, 0) is 0 Å². The van der Waals surface area contributed by atoms with Gasteiger partial charge < -0.3 is 17.2 Å². The Hall–Kier alpha value is -2.56. The molecule has 2 rings (SSSR count). The van der Waals surface area contributed by atoms with Crippen LogP contribution in [0.5, 0.6) is 0 Å². The van der Waals surface area contributed by atoms with Crippen molar-refractivity contribution in [3.63, 3.8) is 0 Å². The monoisotopic (exact) mass is 227 g/mol. The van der Waals surface area contributed by atoms with Gasteiger partial charge in [0.05, 0.1) is 17.1 Å². The van der Waals surface area contributed by atoms with Crippen molar-refractivity contribution in [2.75, 3.05) is 17.2 Å². The molecule has 2 aromatic carbocycles. The fourth-order valence-electron chi connectivity index (χ4n) is 1.31. The van der Waals surface area contributed by atoms with Crippen molar-refractivity contribution in [1.29, 1.82) is 0 Å². The third-order valence-electron chi connectivity index (χ3n) is 2.28. The highest BCUT2D eigenvalue weighted by molar-refractivity contribution is 5.76. The van der Waals surface area contributed by atoms with Crippen LogP contribution >= 0.6 is 0 Å². The van der Waals surface area contributed by atoms with Crippen molar-refractivity contribution in [2.45, 2.75) is 0 Å². The van der Waals surface area contributed by atoms with E-state index in [2.05, 4.69) is 10.2 Å². The van der Waals surface area contributed by atoms with E-state index in [4.69, 9.17) is 17.2 Å². The predicted octanol–water partition coefficient (Wildman–Crippen LogP) is 2.85. The zero-order valence-corrected chi connectivity index (χ0v) is 9.17. The Morgan fingerprint density at radius 1 is 0.765 bits per heavy atom. The maximum absolute atomic E-state index is 5.77. The summed E-state index contributed by atoms with van der Waals surface area (Å²) in [5.74, 6) is 0. The summed E-state index contributed by atoms with van der Waals surface area (Å²) in [6, 6.07) is 12.3. The lowest BCUT2D eigenvalue weighted by molar-refractivity contribution is 1.23. The van der Waals surface area contributed by atoms with Crippen molar-refractivity contribution in [3.8, 4) is 0 Å². The van der Waals surface area contributed by atoms with Gasteiger partial charge in [0, 0.05) is 5.69 Å². The van der Waals surface area contributed by atoms with Gasteiger partial charge in [-0.2, -0.15) is 5.11 Å². The molecule has 0 unspecified atom stereocenters. The number of nitrogens with zero attached hydrogens (tertiary/aromatic N) is 2. The fourth-order valence-corrected chi connectivity index (χ4v) is 1.31. The summed E-state index contributed by atoms with van der Waals surface area (Å²) in [6.07, 6.45) is 0. The van der Waals surface area contributed by atoms with Crippen molar-refractivity contribution in [1.82, 2.24) is 0 Å². The Morgan fingerprint density at radius 2 is 1.47 bits per heavy atom. The SMILES string of the molecule is Nc1ccc(N=Nc2cccc(N)c2N)cc1. The number of azo groups is 1. The lowest BCUT2D eigenvalue weighted by Crippen LogP contribution is -1.93. The molecule has 0 radical (unpaired) electrons. The van der Waals surface area contributed by atoms with E-state index in [0.29, 0.717) is 28.4 Å². The van der Waals surface area contributed by atoms with E-state index in [-0.39, 0.29) is 0 Å². The third kappa shape index (κ3) is 2.52. The van der Waals surface area contributed by atoms with Crippen LogP contribution in [0.15, 0.2) is 52.7 Å². The minimum Gasteiger partial charge on any atom is -0.399 e. The molecule has 0 saturated heterocycles. The van der Waals surface area contributed by atoms with Gasteiger partial charge in [-0.15, -0.1) is 5.11 Å². The summed E-state index contributed by atoms with van der Waals surface area (Å²) < 4.78 is 0. The van der Waals surface area contributed by atoms with E-state index >= 15 is 0 Å². The number of nitrogen functional groups attached to an aromatic ring is 3. The van der Waals surface area contributed by atoms with Crippen molar-refractivity contribution in [2.24, 2.45) is 10.2 Å². The molecule has 0 saturated carbocycles. The first-order valence-electron chi connectivity index (χ1n) is 5.08. The highest BCUT2D eigenvalue weighted by Crippen LogP contribution is 2.28. The molecule has 17 heavy (non-hydrogen) atoms. The van der Waals surface area contributed by atoms with E-state index in [1.807, 2.05) is 0 Å². The minimum absolute atomic E-state index is 0.437. The number of hydrogen-bond donors (Lipinski definition) is 3. The predicted molar refractivity (Wildman–Crippen MR) is 70.3 cm³/mol. The summed E-state index contributed by atoms with van der Waals surface area (Å²) in [5.41, 5.74) is 19.9. The second kappa shape index (κ2) is 4.52. The van der Waals surface area contributed by atoms with Gasteiger partial charge in [0.2, 0.25) is 0 Å². The molecule has 0 aliphatic carbocycles. The zero-order chi connectivity index (χ0) is 12.3. The van der Waals surface area contributed by atoms with E-state index in [1.165, 1.54) is 0 Å². The zero-order valence-electron chi connectivity index (χ0n) is 9.17. The number of benzene rings is 2. The number of anilines is 3. The second-order valence-electron chi connectivity index (χ2n) is 3.57. The molecule has 0 aliphatic rings. The van der Waals surface area contributed by atoms with Crippen LogP contribution in [0.3, 0.4) is 0 Å². The van der Waals surface area contributed by atoms with Crippen LogP contribution in [0.1, 0.15) is 0 Å². The van der Waals surface area contributed by atoms with Gasteiger partial charge in [-0.05, 0) is 36.4 Å². The van der Waals surface area contributed by atoms with Gasteiger partial charge in [0.25, 0.3) is 0 Å². The molecule has 6 N–H and O–H groups in total. The molecule has 5 nitrogen and oxygen atoms in total. The Bertz CT molecular complexity index is 545. The molecule has 0 spiro atoms. The summed E-state index contributed by atoms with van der Waals surface area (Å²) in [7, 11) is 0. The van der Waals surface area contributed by atoms with Crippen LogP contribution in [0.4, 0.5) is 28.4 Å². The molecular formula is C12H13N5. The van der Waals surface area contributed by atoms with Crippen LogP contribution in [0, 0.1) is 0 Å². The van der Waals surface area contributed by atoms with Gasteiger partial charge >= 0.3 is 0 Å². The second-order valence-corrected chi connectivity index (χ2v) is 3.57. The molecule has 2 aromatic rings. The van der Waals surface area contributed by atoms with Crippen LogP contribution in [-0.4, -0.2) is 0 Å². The van der Waals surface area contributed by atoms with Gasteiger partial charge in [-0.25, -0.2) is 0 Å². The van der Waals surface area contributed by atoms with Crippen LogP contribution in [0.25, 0.3) is 0 Å². The Balaban J connectivity index is 2.26. The molecular weight excluding hydrogens is 214 g/mol. The largest absolute Gasteiger partial charge is 0.399 e. The molecule has 0 atom stereocenters. The first-order chi connectivity index (χ1) is 8.16. The Morgan fingerprint density at radius 3 is 2.18 bits per heavy atom. The van der Waals surface area contributed by atoms with Crippen LogP contribution in [0.2, 0.25) is 0 Å². The normalized spacial score (nSPS) is 10.8. The average Bonchev–Trinajstić information content (AvgIpc) is 2.33. The fraction of sp³-hybridized carbons (Fsp3) is 0. The molecule has 0 fully saturated rings. The Kier molecular flexibility index (Phi) is 2.91. The molecule has 0 amide bonds. The van der Waals surface area contributed by atoms with Crippen LogP contribution < -0.4 is 17.2 Å². The first kappa shape index (κ1) is 10.9. The quantitative estimate of drug-likeness (QED) is 0.542. The smallest absolute Gasteiger partial charge is 0.111 e. The van der Waals surface area contributed by atoms with Crippen molar-refractivity contribution >= 4 is 28.4 Å². The molecule has 0 bridgehead atoms. The van der Waals surface area contributed by atoms with Gasteiger partial charge in [-0.1, -0.05) is 6.07 Å². The standard InChI is InChI=1S/C12H13N5/c13-8-4-6-9(7-5-8)16-17-11-3-1-2-10(14)12(11)15/h1-7H,13-15H2. The summed E-state index contributed by atoms with van der Waals surface area (Å²) in [5, 5.41) is 8.10. The van der Waals surface area contributed by atoms with E-state index in [9.17, 15) is 0 Å². The van der Waals surface area contributed by atoms with Crippen molar-refractivity contribution < 1.29 is 0 Å². The third-order valence-corrected chi connectivity index (χ3v) is 2.28. The maximum Gasteiger partial charge on any atom is 0.111 e. The molecule has 0 heterocycles. The minimum atomic E-state index is 0.437. The number of rotatable bonds is 2. The highest BCUT2D eigenvalue weighted by atomic mass is 15.1. The summed E-state index contributed by atoms with van der Waals surface area (Å²) in [4.78, 5) is 0. The highest BCUT2D eigenvalue weighted by Gasteiger charge is 2.00. The lowest BCUT2D eigenvalue weighted by atomic mass is 10.2.